The van der Waals surface area contributed by atoms with Gasteiger partial charge in [-0.2, -0.15) is 4.31 Å². The summed E-state index contributed by atoms with van der Waals surface area (Å²) in [7, 11) is -3.55. The van der Waals surface area contributed by atoms with Gasteiger partial charge in [0.15, 0.2) is 0 Å². The molecule has 0 radical (unpaired) electrons. The molecule has 2 aliphatic rings. The van der Waals surface area contributed by atoms with Crippen LogP contribution in [0.5, 0.6) is 0 Å². The average Bonchev–Trinajstić information content (AvgIpc) is 3.43. The third kappa shape index (κ3) is 4.52. The van der Waals surface area contributed by atoms with Gasteiger partial charge in [-0.1, -0.05) is 6.92 Å². The number of benzene rings is 1. The fourth-order valence-corrected chi connectivity index (χ4v) is 6.53. The fourth-order valence-electron chi connectivity index (χ4n) is 5.03. The Balaban J connectivity index is 1.35. The zero-order chi connectivity index (χ0) is 22.0. The highest BCUT2D eigenvalue weighted by Gasteiger charge is 2.33. The smallest absolute Gasteiger partial charge is 0.243 e. The van der Waals surface area contributed by atoms with E-state index in [0.29, 0.717) is 43.4 Å². The highest BCUT2D eigenvalue weighted by molar-refractivity contribution is 7.89. The molecule has 31 heavy (non-hydrogen) atoms. The maximum absolute atomic E-state index is 13.2. The lowest BCUT2D eigenvalue weighted by molar-refractivity contribution is -0.126. The van der Waals surface area contributed by atoms with E-state index in [2.05, 4.69) is 28.6 Å². The van der Waals surface area contributed by atoms with Crippen molar-refractivity contribution in [3.8, 4) is 0 Å². The number of hydrogen-bond donors (Lipinski definition) is 1. The van der Waals surface area contributed by atoms with Crippen LogP contribution in [0.3, 0.4) is 0 Å². The zero-order valence-electron chi connectivity index (χ0n) is 18.6. The van der Waals surface area contributed by atoms with Gasteiger partial charge in [0.05, 0.1) is 4.90 Å². The average molecular weight is 447 g/mol. The van der Waals surface area contributed by atoms with Gasteiger partial charge in [0.1, 0.15) is 0 Å². The number of piperidine rings is 1. The SMILES string of the molecule is CCN1CCC[C@H]1CNC(=O)C1CCN(S(=O)(=O)c2ccc3c(ccn3CC)c2)CC1. The quantitative estimate of drug-likeness (QED) is 0.710. The Kier molecular flexibility index (Phi) is 6.69. The Morgan fingerprint density at radius 2 is 1.84 bits per heavy atom. The number of likely N-dealkylation sites (N-methyl/N-ethyl adjacent to an activating group) is 1. The second-order valence-electron chi connectivity index (χ2n) is 8.67. The number of hydrogen-bond acceptors (Lipinski definition) is 4. The van der Waals surface area contributed by atoms with Gasteiger partial charge in [0, 0.05) is 55.2 Å². The minimum atomic E-state index is -3.55. The molecule has 4 rings (SSSR count). The Bertz CT molecular complexity index is 1020. The van der Waals surface area contributed by atoms with E-state index in [0.717, 1.165) is 37.0 Å². The van der Waals surface area contributed by atoms with Gasteiger partial charge in [-0.15, -0.1) is 0 Å². The van der Waals surface area contributed by atoms with Gasteiger partial charge >= 0.3 is 0 Å². The van der Waals surface area contributed by atoms with Crippen LogP contribution in [0.2, 0.25) is 0 Å². The Hall–Kier alpha value is -1.90. The fraction of sp³-hybridized carbons (Fsp3) is 0.609. The van der Waals surface area contributed by atoms with Crippen LogP contribution in [-0.4, -0.2) is 66.9 Å². The largest absolute Gasteiger partial charge is 0.354 e. The predicted molar refractivity (Wildman–Crippen MR) is 122 cm³/mol. The number of nitrogens with zero attached hydrogens (tertiary/aromatic N) is 3. The lowest BCUT2D eigenvalue weighted by atomic mass is 9.97. The molecule has 8 heteroatoms. The van der Waals surface area contributed by atoms with Crippen molar-refractivity contribution in [2.45, 2.75) is 57.0 Å². The van der Waals surface area contributed by atoms with Gasteiger partial charge in [-0.25, -0.2) is 8.42 Å². The first kappa shape index (κ1) is 22.3. The molecule has 170 valence electrons. The van der Waals surface area contributed by atoms with Gasteiger partial charge < -0.3 is 9.88 Å². The summed E-state index contributed by atoms with van der Waals surface area (Å²) in [6, 6.07) is 7.74. The Labute approximate surface area is 185 Å². The predicted octanol–water partition coefficient (Wildman–Crippen LogP) is 2.66. The highest BCUT2D eigenvalue weighted by atomic mass is 32.2. The summed E-state index contributed by atoms with van der Waals surface area (Å²) in [5.74, 6) is -0.0358. The molecule has 1 atom stereocenters. The van der Waals surface area contributed by atoms with Crippen LogP contribution in [0.25, 0.3) is 10.9 Å². The molecule has 2 aliphatic heterocycles. The molecule has 1 aromatic heterocycles. The third-order valence-corrected chi connectivity index (χ3v) is 8.86. The van der Waals surface area contributed by atoms with E-state index in [4.69, 9.17) is 0 Å². The molecule has 0 aliphatic carbocycles. The number of nitrogens with one attached hydrogen (secondary N) is 1. The van der Waals surface area contributed by atoms with Crippen molar-refractivity contribution in [1.29, 1.82) is 0 Å². The lowest BCUT2D eigenvalue weighted by Gasteiger charge is -2.31. The number of aromatic nitrogens is 1. The summed E-state index contributed by atoms with van der Waals surface area (Å²) < 4.78 is 30.0. The number of carbonyl (C=O) groups excluding carboxylic acids is 1. The lowest BCUT2D eigenvalue weighted by Crippen LogP contribution is -2.45. The summed E-state index contributed by atoms with van der Waals surface area (Å²) >= 11 is 0. The number of amides is 1. The number of fused-ring (bicyclic) bond motifs is 1. The summed E-state index contributed by atoms with van der Waals surface area (Å²) in [5.41, 5.74) is 1.04. The molecule has 0 unspecified atom stereocenters. The molecule has 2 fully saturated rings. The first-order valence-corrected chi connectivity index (χ1v) is 13.0. The normalized spacial score (nSPS) is 21.7. The monoisotopic (exact) mass is 446 g/mol. The van der Waals surface area contributed by atoms with Crippen LogP contribution < -0.4 is 5.32 Å². The van der Waals surface area contributed by atoms with Crippen LogP contribution in [-0.2, 0) is 21.4 Å². The van der Waals surface area contributed by atoms with Crippen LogP contribution in [0.4, 0.5) is 0 Å². The van der Waals surface area contributed by atoms with Crippen molar-refractivity contribution in [1.82, 2.24) is 19.1 Å². The van der Waals surface area contributed by atoms with E-state index in [1.807, 2.05) is 18.3 Å². The molecule has 1 N–H and O–H groups in total. The number of rotatable bonds is 7. The third-order valence-electron chi connectivity index (χ3n) is 6.96. The molecule has 0 spiro atoms. The summed E-state index contributed by atoms with van der Waals surface area (Å²) in [4.78, 5) is 15.4. The van der Waals surface area contributed by atoms with Crippen molar-refractivity contribution in [3.05, 3.63) is 30.5 Å². The summed E-state index contributed by atoms with van der Waals surface area (Å²) in [6.07, 6.45) is 5.45. The van der Waals surface area contributed by atoms with Crippen molar-refractivity contribution < 1.29 is 13.2 Å². The molecule has 3 heterocycles. The van der Waals surface area contributed by atoms with Crippen LogP contribution in [0.15, 0.2) is 35.4 Å². The standard InChI is InChI=1S/C23H34N4O3S/c1-3-25-12-5-6-20(25)17-24-23(28)18-10-14-27(15-11-18)31(29,30)21-7-8-22-19(16-21)9-13-26(22)4-2/h7-9,13,16,18,20H,3-6,10-12,14-15,17H2,1-2H3,(H,24,28)/t20-/m0/s1. The Morgan fingerprint density at radius 1 is 1.06 bits per heavy atom. The number of likely N-dealkylation sites (tertiary alicyclic amines) is 1. The van der Waals surface area contributed by atoms with Crippen molar-refractivity contribution in [2.75, 3.05) is 32.7 Å². The van der Waals surface area contributed by atoms with Crippen molar-refractivity contribution >= 4 is 26.8 Å². The van der Waals surface area contributed by atoms with Crippen molar-refractivity contribution in [2.24, 2.45) is 5.92 Å². The van der Waals surface area contributed by atoms with E-state index in [-0.39, 0.29) is 11.8 Å². The second kappa shape index (κ2) is 9.30. The molecule has 0 bridgehead atoms. The van der Waals surface area contributed by atoms with Gasteiger partial charge in [-0.05, 0) is 70.0 Å². The molecule has 1 amide bonds. The molecule has 2 saturated heterocycles. The first-order valence-electron chi connectivity index (χ1n) is 11.5. The number of sulfonamides is 1. The summed E-state index contributed by atoms with van der Waals surface area (Å²) in [5, 5.41) is 4.06. The van der Waals surface area contributed by atoms with Gasteiger partial charge in [0.2, 0.25) is 15.9 Å². The topological polar surface area (TPSA) is 74.7 Å². The van der Waals surface area contributed by atoms with Crippen LogP contribution in [0.1, 0.15) is 39.5 Å². The number of aryl methyl sites for hydroxylation is 1. The minimum Gasteiger partial charge on any atom is -0.354 e. The van der Waals surface area contributed by atoms with Gasteiger partial charge in [-0.3, -0.25) is 9.69 Å². The van der Waals surface area contributed by atoms with Crippen LogP contribution >= 0.6 is 0 Å². The zero-order valence-corrected chi connectivity index (χ0v) is 19.4. The van der Waals surface area contributed by atoms with E-state index >= 15 is 0 Å². The molecular weight excluding hydrogens is 412 g/mol. The molecule has 0 saturated carbocycles. The van der Waals surface area contributed by atoms with Crippen molar-refractivity contribution in [3.63, 3.8) is 0 Å². The Morgan fingerprint density at radius 3 is 2.55 bits per heavy atom. The molecule has 7 nitrogen and oxygen atoms in total. The van der Waals surface area contributed by atoms with E-state index in [1.54, 1.807) is 12.1 Å². The highest BCUT2D eigenvalue weighted by Crippen LogP contribution is 2.27. The minimum absolute atomic E-state index is 0.0716. The summed E-state index contributed by atoms with van der Waals surface area (Å²) in [6.45, 7) is 8.68. The second-order valence-corrected chi connectivity index (χ2v) is 10.6. The maximum Gasteiger partial charge on any atom is 0.243 e. The van der Waals surface area contributed by atoms with Crippen LogP contribution in [0, 0.1) is 5.92 Å². The van der Waals surface area contributed by atoms with E-state index in [1.165, 1.54) is 10.7 Å². The maximum atomic E-state index is 13.2. The first-order chi connectivity index (χ1) is 14.9. The van der Waals surface area contributed by atoms with E-state index < -0.39 is 10.0 Å². The molecule has 2 aromatic rings. The van der Waals surface area contributed by atoms with Gasteiger partial charge in [0.25, 0.3) is 0 Å². The number of carbonyl (C=O) groups is 1. The molecule has 1 aromatic carbocycles. The molecular formula is C23H34N4O3S. The van der Waals surface area contributed by atoms with E-state index in [9.17, 15) is 13.2 Å².